The van der Waals surface area contributed by atoms with Gasteiger partial charge in [-0.05, 0) is 34.9 Å². The van der Waals surface area contributed by atoms with Crippen LogP contribution in [-0.4, -0.2) is 41.0 Å². The van der Waals surface area contributed by atoms with E-state index in [1.54, 1.807) is 0 Å². The van der Waals surface area contributed by atoms with Crippen molar-refractivity contribution in [2.45, 2.75) is 39.3 Å². The maximum absolute atomic E-state index is 4.37. The number of hydrogen-bond acceptors (Lipinski definition) is 3. The van der Waals surface area contributed by atoms with Gasteiger partial charge < -0.3 is 15.2 Å². The number of nitrogens with one attached hydrogen (secondary N) is 2. The molecule has 0 bridgehead atoms. The van der Waals surface area contributed by atoms with Crippen molar-refractivity contribution in [2.24, 2.45) is 0 Å². The Hall–Kier alpha value is -0.870. The predicted molar refractivity (Wildman–Crippen MR) is 67.4 cm³/mol. The number of H-pyrrole nitrogens is 1. The Kier molecular flexibility index (Phi) is 4.50. The van der Waals surface area contributed by atoms with Crippen LogP contribution in [0.15, 0.2) is 6.20 Å². The highest BCUT2D eigenvalue weighted by Gasteiger charge is 2.09. The lowest BCUT2D eigenvalue weighted by Gasteiger charge is -2.19. The van der Waals surface area contributed by atoms with Crippen LogP contribution >= 0.6 is 0 Å². The Balaban J connectivity index is 2.39. The van der Waals surface area contributed by atoms with Crippen molar-refractivity contribution >= 4 is 0 Å². The fraction of sp³-hybridized carbons (Fsp3) is 0.750. The minimum atomic E-state index is 0.148. The lowest BCUT2D eigenvalue weighted by Crippen LogP contribution is -2.35. The molecular weight excluding hydrogens is 200 g/mol. The molecule has 0 atom stereocenters. The summed E-state index contributed by atoms with van der Waals surface area (Å²) >= 11 is 0. The van der Waals surface area contributed by atoms with Crippen LogP contribution in [0.25, 0.3) is 0 Å². The number of aromatic nitrogens is 2. The fourth-order valence-electron chi connectivity index (χ4n) is 1.31. The summed E-state index contributed by atoms with van der Waals surface area (Å²) in [7, 11) is 4.15. The highest BCUT2D eigenvalue weighted by Crippen LogP contribution is 2.03. The van der Waals surface area contributed by atoms with Gasteiger partial charge in [-0.25, -0.2) is 4.98 Å². The maximum atomic E-state index is 4.37. The zero-order valence-corrected chi connectivity index (χ0v) is 11.1. The monoisotopic (exact) mass is 224 g/mol. The average molecular weight is 224 g/mol. The second kappa shape index (κ2) is 5.46. The van der Waals surface area contributed by atoms with Crippen LogP contribution in [0.1, 0.15) is 32.3 Å². The second-order valence-corrected chi connectivity index (χ2v) is 5.51. The number of nitrogens with zero attached hydrogens (tertiary/aromatic N) is 2. The smallest absolute Gasteiger partial charge is 0.107 e. The third-order valence-electron chi connectivity index (χ3n) is 2.29. The Labute approximate surface area is 98.5 Å². The van der Waals surface area contributed by atoms with Gasteiger partial charge in [0.25, 0.3) is 0 Å². The molecule has 0 saturated carbocycles. The third-order valence-corrected chi connectivity index (χ3v) is 2.29. The topological polar surface area (TPSA) is 44.0 Å². The first-order chi connectivity index (χ1) is 7.37. The first-order valence-electron chi connectivity index (χ1n) is 5.79. The molecule has 4 nitrogen and oxygen atoms in total. The summed E-state index contributed by atoms with van der Waals surface area (Å²) < 4.78 is 0. The Bertz CT molecular complexity index is 309. The highest BCUT2D eigenvalue weighted by atomic mass is 15.1. The maximum Gasteiger partial charge on any atom is 0.107 e. The third kappa shape index (κ3) is 5.28. The molecule has 0 spiro atoms. The number of likely N-dealkylation sites (N-methyl/N-ethyl adjacent to an activating group) is 1. The summed E-state index contributed by atoms with van der Waals surface area (Å²) in [6.45, 7) is 8.36. The van der Waals surface area contributed by atoms with Crippen LogP contribution < -0.4 is 5.32 Å². The molecule has 0 unspecified atom stereocenters. The lowest BCUT2D eigenvalue weighted by molar-refractivity contribution is 0.409. The lowest BCUT2D eigenvalue weighted by atomic mass is 10.1. The van der Waals surface area contributed by atoms with Crippen molar-refractivity contribution in [3.8, 4) is 0 Å². The molecule has 0 saturated heterocycles. The van der Waals surface area contributed by atoms with Crippen LogP contribution in [0.4, 0.5) is 0 Å². The second-order valence-electron chi connectivity index (χ2n) is 5.51. The number of hydrogen-bond donors (Lipinski definition) is 2. The molecule has 1 aromatic heterocycles. The first kappa shape index (κ1) is 13.2. The number of aromatic amines is 1. The van der Waals surface area contributed by atoms with E-state index in [1.165, 1.54) is 0 Å². The van der Waals surface area contributed by atoms with Crippen LogP contribution in [-0.2, 0) is 13.0 Å². The van der Waals surface area contributed by atoms with E-state index >= 15 is 0 Å². The molecule has 0 fully saturated rings. The molecule has 92 valence electrons. The Morgan fingerprint density at radius 3 is 2.62 bits per heavy atom. The summed E-state index contributed by atoms with van der Waals surface area (Å²) in [5.74, 6) is 1.07. The van der Waals surface area contributed by atoms with Gasteiger partial charge in [0, 0.05) is 36.9 Å². The van der Waals surface area contributed by atoms with Crippen molar-refractivity contribution < 1.29 is 0 Å². The SMILES string of the molecule is CN(C)CCc1ncc(CNC(C)(C)C)[nH]1. The Morgan fingerprint density at radius 2 is 2.06 bits per heavy atom. The molecule has 0 aliphatic heterocycles. The van der Waals surface area contributed by atoms with Crippen molar-refractivity contribution in [3.05, 3.63) is 17.7 Å². The van der Waals surface area contributed by atoms with E-state index in [9.17, 15) is 0 Å². The van der Waals surface area contributed by atoms with E-state index in [0.29, 0.717) is 0 Å². The molecule has 0 aliphatic carbocycles. The molecule has 0 radical (unpaired) electrons. The van der Waals surface area contributed by atoms with Crippen LogP contribution in [0.2, 0.25) is 0 Å². The normalized spacial score (nSPS) is 12.4. The van der Waals surface area contributed by atoms with E-state index in [0.717, 1.165) is 31.0 Å². The summed E-state index contributed by atoms with van der Waals surface area (Å²) in [6, 6.07) is 0. The van der Waals surface area contributed by atoms with E-state index in [2.05, 4.69) is 55.1 Å². The first-order valence-corrected chi connectivity index (χ1v) is 5.79. The van der Waals surface area contributed by atoms with Crippen molar-refractivity contribution in [3.63, 3.8) is 0 Å². The average Bonchev–Trinajstić information content (AvgIpc) is 2.58. The highest BCUT2D eigenvalue weighted by molar-refractivity contribution is 5.02. The van der Waals surface area contributed by atoms with Gasteiger partial charge in [-0.15, -0.1) is 0 Å². The van der Waals surface area contributed by atoms with Gasteiger partial charge in [0.15, 0.2) is 0 Å². The molecule has 0 aliphatic rings. The molecule has 4 heteroatoms. The van der Waals surface area contributed by atoms with Crippen LogP contribution in [0, 0.1) is 0 Å². The van der Waals surface area contributed by atoms with Gasteiger partial charge in [-0.1, -0.05) is 0 Å². The molecule has 1 aromatic rings. The molecule has 16 heavy (non-hydrogen) atoms. The molecule has 0 aromatic carbocycles. The molecular formula is C12H24N4. The largest absolute Gasteiger partial charge is 0.345 e. The van der Waals surface area contributed by atoms with Crippen LogP contribution in [0.3, 0.4) is 0 Å². The molecule has 2 N–H and O–H groups in total. The molecule has 1 heterocycles. The predicted octanol–water partition coefficient (Wildman–Crippen LogP) is 1.40. The number of imidazole rings is 1. The summed E-state index contributed by atoms with van der Waals surface area (Å²) in [4.78, 5) is 9.87. The number of rotatable bonds is 5. The van der Waals surface area contributed by atoms with Gasteiger partial charge in [0.2, 0.25) is 0 Å². The minimum Gasteiger partial charge on any atom is -0.345 e. The van der Waals surface area contributed by atoms with E-state index in [1.807, 2.05) is 6.20 Å². The van der Waals surface area contributed by atoms with Gasteiger partial charge in [-0.2, -0.15) is 0 Å². The Morgan fingerprint density at radius 1 is 1.38 bits per heavy atom. The van der Waals surface area contributed by atoms with E-state index < -0.39 is 0 Å². The van der Waals surface area contributed by atoms with Gasteiger partial charge >= 0.3 is 0 Å². The van der Waals surface area contributed by atoms with Gasteiger partial charge in [0.1, 0.15) is 5.82 Å². The van der Waals surface area contributed by atoms with Gasteiger partial charge in [0.05, 0.1) is 0 Å². The summed E-state index contributed by atoms with van der Waals surface area (Å²) in [5, 5.41) is 3.43. The van der Waals surface area contributed by atoms with E-state index in [4.69, 9.17) is 0 Å². The standard InChI is InChI=1S/C12H24N4/c1-12(2,3)14-9-10-8-13-11(15-10)6-7-16(4)5/h8,14H,6-7,9H2,1-5H3,(H,13,15). The quantitative estimate of drug-likeness (QED) is 0.794. The minimum absolute atomic E-state index is 0.148. The zero-order chi connectivity index (χ0) is 12.2. The molecule has 1 rings (SSSR count). The van der Waals surface area contributed by atoms with E-state index in [-0.39, 0.29) is 5.54 Å². The van der Waals surface area contributed by atoms with Crippen LogP contribution in [0.5, 0.6) is 0 Å². The molecule has 0 amide bonds. The van der Waals surface area contributed by atoms with Gasteiger partial charge in [-0.3, -0.25) is 0 Å². The fourth-order valence-corrected chi connectivity index (χ4v) is 1.31. The summed E-state index contributed by atoms with van der Waals surface area (Å²) in [5.41, 5.74) is 1.30. The van der Waals surface area contributed by atoms with Crippen molar-refractivity contribution in [1.29, 1.82) is 0 Å². The van der Waals surface area contributed by atoms with Crippen molar-refractivity contribution in [2.75, 3.05) is 20.6 Å². The summed E-state index contributed by atoms with van der Waals surface area (Å²) in [6.07, 6.45) is 2.90. The zero-order valence-electron chi connectivity index (χ0n) is 11.1. The van der Waals surface area contributed by atoms with Crippen molar-refractivity contribution in [1.82, 2.24) is 20.2 Å².